The van der Waals surface area contributed by atoms with E-state index in [1.54, 1.807) is 0 Å². The molecule has 4 nitrogen and oxygen atoms in total. The lowest BCUT2D eigenvalue weighted by Gasteiger charge is -2.10. The van der Waals surface area contributed by atoms with Gasteiger partial charge >= 0.3 is 0 Å². The Morgan fingerprint density at radius 2 is 0.761 bits per heavy atom. The molecule has 334 valence electrons. The first-order valence-corrected chi connectivity index (χ1v) is 24.2. The average Bonchev–Trinajstić information content (AvgIpc) is 4.17. The summed E-state index contributed by atoms with van der Waals surface area (Å²) in [5.41, 5.74) is 20.6. The molecule has 0 spiro atoms. The molecule has 0 aliphatic rings. The maximum absolute atomic E-state index is 6.50. The summed E-state index contributed by atoms with van der Waals surface area (Å²) in [6, 6.07) is 78.5. The van der Waals surface area contributed by atoms with E-state index < -0.39 is 0 Å². The van der Waals surface area contributed by atoms with Gasteiger partial charge in [0.05, 0.1) is 22.2 Å². The molecular formula is C67H44N2O2. The number of hydrogen-bond donors (Lipinski definition) is 0. The van der Waals surface area contributed by atoms with E-state index in [1.807, 2.05) is 6.08 Å². The Balaban J connectivity index is 0.839. The molecule has 14 aromatic rings. The zero-order valence-corrected chi connectivity index (χ0v) is 38.9. The minimum Gasteiger partial charge on any atom is -0.456 e. The van der Waals surface area contributed by atoms with Crippen molar-refractivity contribution in [2.45, 2.75) is 6.92 Å². The largest absolute Gasteiger partial charge is 0.456 e. The fourth-order valence-corrected chi connectivity index (χ4v) is 11.1. The van der Waals surface area contributed by atoms with Crippen molar-refractivity contribution in [3.8, 4) is 55.9 Å². The molecule has 4 aromatic heterocycles. The molecular weight excluding hydrogens is 865 g/mol. The van der Waals surface area contributed by atoms with Crippen molar-refractivity contribution in [2.75, 3.05) is 0 Å². The van der Waals surface area contributed by atoms with Gasteiger partial charge in [-0.05, 0) is 155 Å². The monoisotopic (exact) mass is 908 g/mol. The molecule has 0 saturated carbocycles. The molecule has 0 amide bonds. The molecule has 0 unspecified atom stereocenters. The number of furan rings is 2. The first-order chi connectivity index (χ1) is 35.1. The Hall–Kier alpha value is -9.38. The molecule has 71 heavy (non-hydrogen) atoms. The van der Waals surface area contributed by atoms with Gasteiger partial charge in [0.25, 0.3) is 0 Å². The molecule has 0 fully saturated rings. The fourth-order valence-electron chi connectivity index (χ4n) is 11.1. The molecule has 0 atom stereocenters. The summed E-state index contributed by atoms with van der Waals surface area (Å²) in [5, 5.41) is 7.94. The number of nitrogens with zero attached hydrogens (tertiary/aromatic N) is 2. The number of fused-ring (bicyclic) bond motifs is 10. The molecule has 10 aromatic carbocycles. The molecule has 0 radical (unpaired) electrons. The van der Waals surface area contributed by atoms with Crippen molar-refractivity contribution in [1.82, 2.24) is 9.13 Å². The Morgan fingerprint density at radius 1 is 0.338 bits per heavy atom. The van der Waals surface area contributed by atoms with Gasteiger partial charge in [0, 0.05) is 54.6 Å². The molecule has 0 aliphatic carbocycles. The smallest absolute Gasteiger partial charge is 0.135 e. The van der Waals surface area contributed by atoms with Crippen molar-refractivity contribution < 1.29 is 8.83 Å². The van der Waals surface area contributed by atoms with Crippen LogP contribution in [0.2, 0.25) is 0 Å². The van der Waals surface area contributed by atoms with Crippen LogP contribution in [0.1, 0.15) is 18.2 Å². The first kappa shape index (κ1) is 40.7. The van der Waals surface area contributed by atoms with Crippen molar-refractivity contribution >= 4 is 88.7 Å². The van der Waals surface area contributed by atoms with Crippen LogP contribution in [-0.4, -0.2) is 9.13 Å². The van der Waals surface area contributed by atoms with Crippen LogP contribution < -0.4 is 0 Å². The van der Waals surface area contributed by atoms with E-state index in [9.17, 15) is 0 Å². The van der Waals surface area contributed by atoms with Crippen LogP contribution in [0, 0.1) is 0 Å². The minimum absolute atomic E-state index is 0.855. The van der Waals surface area contributed by atoms with Gasteiger partial charge in [0.1, 0.15) is 22.3 Å². The van der Waals surface area contributed by atoms with Crippen LogP contribution in [0.3, 0.4) is 0 Å². The quantitative estimate of drug-likeness (QED) is 0.152. The van der Waals surface area contributed by atoms with Crippen molar-refractivity contribution in [3.63, 3.8) is 0 Å². The zero-order chi connectivity index (χ0) is 47.2. The third kappa shape index (κ3) is 6.53. The highest BCUT2D eigenvalue weighted by atomic mass is 16.3. The van der Waals surface area contributed by atoms with Crippen LogP contribution in [0.15, 0.2) is 240 Å². The van der Waals surface area contributed by atoms with Crippen LogP contribution in [-0.2, 0) is 0 Å². The number of aromatic nitrogens is 2. The van der Waals surface area contributed by atoms with Crippen LogP contribution >= 0.6 is 0 Å². The van der Waals surface area contributed by atoms with Crippen molar-refractivity contribution in [3.05, 3.63) is 242 Å². The van der Waals surface area contributed by atoms with E-state index in [4.69, 9.17) is 8.83 Å². The highest BCUT2D eigenvalue weighted by molar-refractivity contribution is 6.12. The first-order valence-electron chi connectivity index (χ1n) is 24.2. The van der Waals surface area contributed by atoms with Crippen molar-refractivity contribution in [1.29, 1.82) is 0 Å². The molecule has 0 N–H and O–H groups in total. The fraction of sp³-hybridized carbons (Fsp3) is 0.0149. The van der Waals surface area contributed by atoms with Gasteiger partial charge in [-0.25, -0.2) is 0 Å². The van der Waals surface area contributed by atoms with E-state index in [2.05, 4.69) is 253 Å². The molecule has 4 heterocycles. The molecule has 0 aliphatic heterocycles. The summed E-state index contributed by atoms with van der Waals surface area (Å²) in [4.78, 5) is 0. The Bertz CT molecular complexity index is 4480. The summed E-state index contributed by atoms with van der Waals surface area (Å²) in [6.07, 6.45) is 6.26. The third-order valence-electron chi connectivity index (χ3n) is 14.4. The summed E-state index contributed by atoms with van der Waals surface area (Å²) < 4.78 is 17.7. The maximum atomic E-state index is 6.50. The molecule has 0 saturated heterocycles. The Morgan fingerprint density at radius 3 is 1.34 bits per heavy atom. The summed E-state index contributed by atoms with van der Waals surface area (Å²) in [7, 11) is 0. The van der Waals surface area contributed by atoms with E-state index >= 15 is 0 Å². The Kier molecular flexibility index (Phi) is 9.23. The van der Waals surface area contributed by atoms with E-state index in [0.717, 1.165) is 99.7 Å². The average molecular weight is 909 g/mol. The third-order valence-corrected chi connectivity index (χ3v) is 14.4. The lowest BCUT2D eigenvalue weighted by molar-refractivity contribution is 0.668. The number of hydrogen-bond acceptors (Lipinski definition) is 2. The highest BCUT2D eigenvalue weighted by Crippen LogP contribution is 2.41. The summed E-state index contributed by atoms with van der Waals surface area (Å²) in [6.45, 7) is 6.34. The predicted molar refractivity (Wildman–Crippen MR) is 299 cm³/mol. The SMILES string of the molecule is C=Cc1c(/C=C\C)n(-c2ccc3oc4ccc(-c5cccc(-c6ccc7oc8ccc(-n9c%10ccccc%10c%10cc(-c%11ccccc%11)ccc%109)cc8c7c6)c5)cc4c3c2)c2ccc(-c3ccccc3)cc12. The second-order valence-electron chi connectivity index (χ2n) is 18.5. The highest BCUT2D eigenvalue weighted by Gasteiger charge is 2.20. The van der Waals surface area contributed by atoms with Gasteiger partial charge in [-0.1, -0.05) is 140 Å². The van der Waals surface area contributed by atoms with E-state index in [0.29, 0.717) is 0 Å². The lowest BCUT2D eigenvalue weighted by atomic mass is 9.97. The van der Waals surface area contributed by atoms with Crippen LogP contribution in [0.25, 0.3) is 145 Å². The van der Waals surface area contributed by atoms with Gasteiger partial charge < -0.3 is 18.0 Å². The molecule has 4 heteroatoms. The number of benzene rings is 10. The van der Waals surface area contributed by atoms with Gasteiger partial charge in [-0.15, -0.1) is 0 Å². The topological polar surface area (TPSA) is 36.1 Å². The van der Waals surface area contributed by atoms with Crippen LogP contribution in [0.5, 0.6) is 0 Å². The van der Waals surface area contributed by atoms with Gasteiger partial charge in [0.15, 0.2) is 0 Å². The second kappa shape index (κ2) is 16.1. The second-order valence-corrected chi connectivity index (χ2v) is 18.5. The predicted octanol–water partition coefficient (Wildman–Crippen LogP) is 18.9. The number of rotatable bonds is 8. The van der Waals surface area contributed by atoms with Gasteiger partial charge in [-0.2, -0.15) is 0 Å². The number of allylic oxidation sites excluding steroid dienone is 1. The molecule has 0 bridgehead atoms. The maximum Gasteiger partial charge on any atom is 0.135 e. The van der Waals surface area contributed by atoms with Gasteiger partial charge in [-0.3, -0.25) is 0 Å². The summed E-state index contributed by atoms with van der Waals surface area (Å²) >= 11 is 0. The molecule has 14 rings (SSSR count). The van der Waals surface area contributed by atoms with E-state index in [1.165, 1.54) is 44.1 Å². The summed E-state index contributed by atoms with van der Waals surface area (Å²) in [5.74, 6) is 0. The van der Waals surface area contributed by atoms with Gasteiger partial charge in [0.2, 0.25) is 0 Å². The number of para-hydroxylation sites is 1. The van der Waals surface area contributed by atoms with E-state index in [-0.39, 0.29) is 0 Å². The lowest BCUT2D eigenvalue weighted by Crippen LogP contribution is -1.97. The standard InChI is InChI=1S/C67H44N2O2/c1-3-14-60-52(4-2)54-36-46(42-15-7-5-8-16-42)23-29-62(54)68(60)50-27-33-66-58(40-50)56-38-48(25-31-64(56)70-66)44-19-13-20-45(35-44)49-26-32-65-57(39-49)59-41-51(28-34-67(59)71-65)69-61-22-12-11-21-53(61)55-37-47(24-30-63(55)69)43-17-9-6-10-18-43/h3-41H,2H2,1H3/b14-3-. The minimum atomic E-state index is 0.855. The normalized spacial score (nSPS) is 12.0. The zero-order valence-electron chi connectivity index (χ0n) is 38.9. The van der Waals surface area contributed by atoms with Crippen molar-refractivity contribution in [2.24, 2.45) is 0 Å². The Labute approximate surface area is 409 Å². The van der Waals surface area contributed by atoms with Crippen LogP contribution in [0.4, 0.5) is 0 Å².